The van der Waals surface area contributed by atoms with Crippen LogP contribution in [0.3, 0.4) is 0 Å². The van der Waals surface area contributed by atoms with Gasteiger partial charge in [0.25, 0.3) is 10.0 Å². The summed E-state index contributed by atoms with van der Waals surface area (Å²) in [5.74, 6) is -0.424. The molecule has 1 saturated heterocycles. The van der Waals surface area contributed by atoms with Crippen molar-refractivity contribution in [3.05, 3.63) is 46.4 Å². The molecule has 1 N–H and O–H groups in total. The van der Waals surface area contributed by atoms with Crippen LogP contribution in [0, 0.1) is 18.7 Å². The third-order valence-corrected chi connectivity index (χ3v) is 8.57. The molecular weight excluding hydrogens is 467 g/mol. The molecule has 1 aromatic carbocycles. The quantitative estimate of drug-likeness (QED) is 0.588. The van der Waals surface area contributed by atoms with Gasteiger partial charge in [0.15, 0.2) is 0 Å². The first-order valence-corrected chi connectivity index (χ1v) is 12.1. The van der Waals surface area contributed by atoms with E-state index in [2.05, 4.69) is 15.5 Å². The summed E-state index contributed by atoms with van der Waals surface area (Å²) in [6.07, 6.45) is 0.754. The Hall–Kier alpha value is -2.34. The van der Waals surface area contributed by atoms with Crippen LogP contribution in [0.15, 0.2) is 38.4 Å². The minimum absolute atomic E-state index is 0.0787. The zero-order valence-electron chi connectivity index (χ0n) is 16.3. The summed E-state index contributed by atoms with van der Waals surface area (Å²) in [4.78, 5) is 16.6. The molecule has 3 heterocycles. The number of amides is 1. The average molecular weight is 485 g/mol. The van der Waals surface area contributed by atoms with Crippen molar-refractivity contribution in [1.29, 1.82) is 0 Å². The fourth-order valence-corrected chi connectivity index (χ4v) is 6.25. The van der Waals surface area contributed by atoms with Gasteiger partial charge in [0, 0.05) is 42.6 Å². The Kier molecular flexibility index (Phi) is 6.11. The predicted octanol–water partition coefficient (Wildman–Crippen LogP) is 3.94. The monoisotopic (exact) mass is 484 g/mol. The van der Waals surface area contributed by atoms with Crippen LogP contribution in [-0.4, -0.2) is 41.9 Å². The number of rotatable bonds is 5. The first-order chi connectivity index (χ1) is 14.7. The average Bonchev–Trinajstić information content (AvgIpc) is 3.40. The van der Waals surface area contributed by atoms with Crippen molar-refractivity contribution in [3.63, 3.8) is 0 Å². The minimum Gasteiger partial charge on any atom is -0.339 e. The van der Waals surface area contributed by atoms with Gasteiger partial charge < -0.3 is 9.84 Å². The van der Waals surface area contributed by atoms with Crippen molar-refractivity contribution in [3.8, 4) is 11.4 Å². The summed E-state index contributed by atoms with van der Waals surface area (Å²) < 4.78 is 45.8. The van der Waals surface area contributed by atoms with E-state index in [-0.39, 0.29) is 34.1 Å². The minimum atomic E-state index is -3.69. The molecule has 8 nitrogen and oxygen atoms in total. The third kappa shape index (κ3) is 4.64. The molecule has 31 heavy (non-hydrogen) atoms. The fraction of sp³-hybridized carbons (Fsp3) is 0.316. The molecule has 1 aliphatic rings. The third-order valence-electron chi connectivity index (χ3n) is 4.97. The molecule has 1 amide bonds. The summed E-state index contributed by atoms with van der Waals surface area (Å²) in [6, 6.07) is 5.48. The number of carbonyl (C=O) groups excluding carboxylic acids is 1. The van der Waals surface area contributed by atoms with Crippen molar-refractivity contribution >= 4 is 44.6 Å². The number of nitrogens with zero attached hydrogens (tertiary/aromatic N) is 3. The highest BCUT2D eigenvalue weighted by atomic mass is 35.5. The van der Waals surface area contributed by atoms with Gasteiger partial charge in [-0.15, -0.1) is 11.3 Å². The van der Waals surface area contributed by atoms with Crippen LogP contribution in [0.5, 0.6) is 0 Å². The van der Waals surface area contributed by atoms with Crippen LogP contribution in [-0.2, 0) is 14.8 Å². The molecule has 3 aromatic rings. The van der Waals surface area contributed by atoms with E-state index in [1.165, 1.54) is 28.6 Å². The van der Waals surface area contributed by atoms with E-state index in [4.69, 9.17) is 16.1 Å². The zero-order chi connectivity index (χ0) is 22.2. The second-order valence-corrected chi connectivity index (χ2v) is 10.6. The number of thiophene rings is 1. The second-order valence-electron chi connectivity index (χ2n) is 7.09. The summed E-state index contributed by atoms with van der Waals surface area (Å²) in [5.41, 5.74) is 0.974. The van der Waals surface area contributed by atoms with E-state index in [0.29, 0.717) is 35.8 Å². The lowest BCUT2D eigenvalue weighted by Crippen LogP contribution is -2.41. The number of halogens is 2. The van der Waals surface area contributed by atoms with Gasteiger partial charge in [-0.2, -0.15) is 9.29 Å². The van der Waals surface area contributed by atoms with Crippen molar-refractivity contribution in [1.82, 2.24) is 14.4 Å². The van der Waals surface area contributed by atoms with E-state index in [1.807, 2.05) is 0 Å². The number of sulfonamides is 1. The smallest absolute Gasteiger partial charge is 0.252 e. The van der Waals surface area contributed by atoms with Gasteiger partial charge in [0.2, 0.25) is 17.6 Å². The number of piperidine rings is 1. The fourth-order valence-electron chi connectivity index (χ4n) is 3.29. The first-order valence-electron chi connectivity index (χ1n) is 9.39. The van der Waals surface area contributed by atoms with Gasteiger partial charge in [-0.05, 0) is 37.1 Å². The number of hydrogen-bond acceptors (Lipinski definition) is 7. The molecular formula is C19H18ClFN4O4S2. The summed E-state index contributed by atoms with van der Waals surface area (Å²) >= 11 is 6.83. The van der Waals surface area contributed by atoms with Crippen molar-refractivity contribution in [2.45, 2.75) is 24.0 Å². The molecule has 0 bridgehead atoms. The van der Waals surface area contributed by atoms with E-state index in [1.54, 1.807) is 12.3 Å². The second kappa shape index (κ2) is 8.65. The first kappa shape index (κ1) is 21.9. The van der Waals surface area contributed by atoms with Crippen LogP contribution in [0.25, 0.3) is 11.4 Å². The van der Waals surface area contributed by atoms with Gasteiger partial charge >= 0.3 is 0 Å². The summed E-state index contributed by atoms with van der Waals surface area (Å²) in [6.45, 7) is 2.10. The van der Waals surface area contributed by atoms with Crippen LogP contribution in [0.2, 0.25) is 5.02 Å². The van der Waals surface area contributed by atoms with Gasteiger partial charge in [0.05, 0.1) is 5.02 Å². The van der Waals surface area contributed by atoms with Crippen molar-refractivity contribution < 1.29 is 22.1 Å². The molecule has 1 aliphatic heterocycles. The van der Waals surface area contributed by atoms with Crippen LogP contribution in [0.1, 0.15) is 18.7 Å². The van der Waals surface area contributed by atoms with Crippen LogP contribution < -0.4 is 5.32 Å². The molecule has 0 atom stereocenters. The number of anilines is 1. The Bertz CT molecular complexity index is 1220. The lowest BCUT2D eigenvalue weighted by Gasteiger charge is -2.30. The number of aromatic nitrogens is 2. The molecule has 12 heteroatoms. The Labute approximate surface area is 187 Å². The van der Waals surface area contributed by atoms with Crippen LogP contribution >= 0.6 is 22.9 Å². The lowest BCUT2D eigenvalue weighted by molar-refractivity contribution is -0.120. The van der Waals surface area contributed by atoms with Gasteiger partial charge in [-0.3, -0.25) is 4.79 Å². The van der Waals surface area contributed by atoms with Gasteiger partial charge in [0.1, 0.15) is 10.0 Å². The standard InChI is InChI=1S/C19H18ClFN4O4S2/c1-11-22-18(24-29-11)13-8-17(30-10-13)31(27,28)25-6-4-12(5-7-25)19(26)23-14-2-3-16(21)15(20)9-14/h2-3,8-10,12H,4-7H2,1H3,(H,23,26). The molecule has 4 rings (SSSR count). The largest absolute Gasteiger partial charge is 0.339 e. The number of aryl methyl sites for hydroxylation is 1. The Morgan fingerprint density at radius 3 is 2.71 bits per heavy atom. The van der Waals surface area contributed by atoms with Crippen molar-refractivity contribution in [2.24, 2.45) is 5.92 Å². The van der Waals surface area contributed by atoms with Gasteiger partial charge in [-0.25, -0.2) is 12.8 Å². The number of nitrogens with one attached hydrogen (secondary N) is 1. The number of carbonyl (C=O) groups is 1. The normalized spacial score (nSPS) is 15.8. The molecule has 0 aliphatic carbocycles. The highest BCUT2D eigenvalue weighted by Gasteiger charge is 2.33. The topological polar surface area (TPSA) is 105 Å². The maximum atomic E-state index is 13.3. The summed E-state index contributed by atoms with van der Waals surface area (Å²) in [7, 11) is -3.69. The van der Waals surface area contributed by atoms with Gasteiger partial charge in [-0.1, -0.05) is 16.8 Å². The Morgan fingerprint density at radius 2 is 2.06 bits per heavy atom. The molecule has 0 unspecified atom stereocenters. The van der Waals surface area contributed by atoms with Crippen molar-refractivity contribution in [2.75, 3.05) is 18.4 Å². The lowest BCUT2D eigenvalue weighted by atomic mass is 9.97. The number of hydrogen-bond donors (Lipinski definition) is 1. The van der Waals surface area contributed by atoms with E-state index in [0.717, 1.165) is 11.3 Å². The molecule has 0 saturated carbocycles. The van der Waals surface area contributed by atoms with E-state index >= 15 is 0 Å². The Morgan fingerprint density at radius 1 is 1.32 bits per heavy atom. The maximum Gasteiger partial charge on any atom is 0.252 e. The molecule has 2 aromatic heterocycles. The highest BCUT2D eigenvalue weighted by molar-refractivity contribution is 7.91. The van der Waals surface area contributed by atoms with E-state index < -0.39 is 15.8 Å². The molecule has 164 valence electrons. The molecule has 0 spiro atoms. The molecule has 0 radical (unpaired) electrons. The SMILES string of the molecule is Cc1nc(-c2csc(S(=O)(=O)N3CCC(C(=O)Nc4ccc(F)c(Cl)c4)CC3)c2)no1. The van der Waals surface area contributed by atoms with E-state index in [9.17, 15) is 17.6 Å². The predicted molar refractivity (Wildman–Crippen MR) is 114 cm³/mol. The zero-order valence-corrected chi connectivity index (χ0v) is 18.7. The van der Waals surface area contributed by atoms with Crippen LogP contribution in [0.4, 0.5) is 10.1 Å². The maximum absolute atomic E-state index is 13.3. The number of benzene rings is 1. The highest BCUT2D eigenvalue weighted by Crippen LogP contribution is 2.31. The Balaban J connectivity index is 1.39. The summed E-state index contributed by atoms with van der Waals surface area (Å²) in [5, 5.41) is 8.11. The molecule has 1 fully saturated rings.